The number of nitrogens with one attached hydrogen (secondary N) is 1. The topological polar surface area (TPSA) is 50.9 Å². The van der Waals surface area contributed by atoms with Crippen molar-refractivity contribution in [2.24, 2.45) is 10.1 Å². The molecule has 1 atom stereocenters. The Morgan fingerprint density at radius 3 is 2.81 bits per heavy atom. The van der Waals surface area contributed by atoms with E-state index in [0.29, 0.717) is 6.54 Å². The molecule has 0 radical (unpaired) electrons. The highest BCUT2D eigenvalue weighted by Gasteiger charge is 2.20. The second-order valence-corrected chi connectivity index (χ2v) is 7.80. The van der Waals surface area contributed by atoms with Crippen molar-refractivity contribution in [3.63, 3.8) is 0 Å². The number of aryl methyl sites for hydroxylation is 1. The third-order valence-electron chi connectivity index (χ3n) is 4.92. The van der Waals surface area contributed by atoms with Crippen LogP contribution in [-0.4, -0.2) is 40.5 Å². The highest BCUT2D eigenvalue weighted by molar-refractivity contribution is 8.14. The van der Waals surface area contributed by atoms with Gasteiger partial charge in [-0.2, -0.15) is 5.10 Å². The molecule has 7 heteroatoms. The van der Waals surface area contributed by atoms with E-state index in [0.717, 1.165) is 58.7 Å². The molecule has 0 amide bonds. The zero-order valence-electron chi connectivity index (χ0n) is 15.5. The molecule has 1 saturated heterocycles. The number of halogens is 1. The fourth-order valence-corrected chi connectivity index (χ4v) is 4.32. The first-order valence-electron chi connectivity index (χ1n) is 9.18. The molecule has 4 rings (SSSR count). The summed E-state index contributed by atoms with van der Waals surface area (Å²) in [4.78, 5) is 4.59. The Morgan fingerprint density at radius 1 is 1.33 bits per heavy atom. The van der Waals surface area contributed by atoms with Crippen LogP contribution < -0.4 is 5.43 Å². The standard InChI is InChI=1S/C20H23FN4OS/c1-13-10-18(14(2)25(13)16-7-5-15(21)6-8-16)19-12-27-20(24-23-19)22-11-17-4-3-9-26-17/h5-8,10,17H,3-4,9,11-12H2,1-2H3,(H,22,24)/t17-/m1/s1. The van der Waals surface area contributed by atoms with Gasteiger partial charge in [0.2, 0.25) is 0 Å². The van der Waals surface area contributed by atoms with Gasteiger partial charge in [0.25, 0.3) is 0 Å². The third kappa shape index (κ3) is 3.94. The smallest absolute Gasteiger partial charge is 0.177 e. The van der Waals surface area contributed by atoms with Crippen molar-refractivity contribution in [2.45, 2.75) is 32.8 Å². The number of aromatic nitrogens is 1. The van der Waals surface area contributed by atoms with E-state index in [9.17, 15) is 4.39 Å². The summed E-state index contributed by atoms with van der Waals surface area (Å²) in [6, 6.07) is 8.70. The Bertz CT molecular complexity index is 882. The number of amidine groups is 1. The molecule has 0 aliphatic carbocycles. The van der Waals surface area contributed by atoms with Gasteiger partial charge in [-0.15, -0.1) is 0 Å². The summed E-state index contributed by atoms with van der Waals surface area (Å²) in [5.41, 5.74) is 8.33. The molecular formula is C20H23FN4OS. The minimum absolute atomic E-state index is 0.228. The van der Waals surface area contributed by atoms with Crippen molar-refractivity contribution in [3.05, 3.63) is 53.1 Å². The van der Waals surface area contributed by atoms with Crippen LogP contribution in [0.3, 0.4) is 0 Å². The summed E-state index contributed by atoms with van der Waals surface area (Å²) in [6.45, 7) is 5.67. The molecule has 0 saturated carbocycles. The predicted octanol–water partition coefficient (Wildman–Crippen LogP) is 3.81. The zero-order chi connectivity index (χ0) is 18.8. The van der Waals surface area contributed by atoms with Gasteiger partial charge < -0.3 is 9.30 Å². The Hall–Kier alpha value is -2.12. The summed E-state index contributed by atoms with van der Waals surface area (Å²) in [5, 5.41) is 5.40. The molecule has 27 heavy (non-hydrogen) atoms. The van der Waals surface area contributed by atoms with Crippen molar-refractivity contribution in [3.8, 4) is 5.69 Å². The maximum Gasteiger partial charge on any atom is 0.177 e. The van der Waals surface area contributed by atoms with Crippen LogP contribution in [-0.2, 0) is 4.74 Å². The molecule has 1 aromatic heterocycles. The number of rotatable bonds is 4. The molecule has 2 aliphatic rings. The average Bonchev–Trinajstić information content (AvgIpc) is 3.30. The number of hydrazone groups is 1. The fourth-order valence-electron chi connectivity index (χ4n) is 3.55. The zero-order valence-corrected chi connectivity index (χ0v) is 16.4. The number of benzene rings is 1. The second-order valence-electron chi connectivity index (χ2n) is 6.84. The van der Waals surface area contributed by atoms with Crippen LogP contribution in [0.4, 0.5) is 4.39 Å². The minimum Gasteiger partial charge on any atom is -0.376 e. The van der Waals surface area contributed by atoms with E-state index >= 15 is 0 Å². The molecular weight excluding hydrogens is 363 g/mol. The quantitative estimate of drug-likeness (QED) is 0.869. The van der Waals surface area contributed by atoms with E-state index in [2.05, 4.69) is 40.0 Å². The second kappa shape index (κ2) is 7.86. The number of aliphatic imine (C=N–C) groups is 1. The summed E-state index contributed by atoms with van der Waals surface area (Å²) in [6.07, 6.45) is 2.47. The van der Waals surface area contributed by atoms with Gasteiger partial charge in [-0.25, -0.2) is 4.39 Å². The SMILES string of the molecule is Cc1cc(C2=NNC(=NC[C@H]3CCCO3)SC2)c(C)n1-c1ccc(F)cc1. The largest absolute Gasteiger partial charge is 0.376 e. The Balaban J connectivity index is 1.51. The number of nitrogens with zero attached hydrogens (tertiary/aromatic N) is 3. The highest BCUT2D eigenvalue weighted by Crippen LogP contribution is 2.24. The van der Waals surface area contributed by atoms with Gasteiger partial charge in [0.1, 0.15) is 5.82 Å². The summed E-state index contributed by atoms with van der Waals surface area (Å²) in [7, 11) is 0. The van der Waals surface area contributed by atoms with Crippen LogP contribution in [0.15, 0.2) is 40.4 Å². The third-order valence-corrected chi connectivity index (χ3v) is 5.83. The maximum absolute atomic E-state index is 13.2. The normalized spacial score (nSPS) is 21.4. The minimum atomic E-state index is -0.228. The molecule has 5 nitrogen and oxygen atoms in total. The van der Waals surface area contributed by atoms with Gasteiger partial charge in [-0.3, -0.25) is 10.4 Å². The molecule has 0 spiro atoms. The molecule has 0 unspecified atom stereocenters. The van der Waals surface area contributed by atoms with Crippen LogP contribution in [0.5, 0.6) is 0 Å². The highest BCUT2D eigenvalue weighted by atomic mass is 32.2. The number of hydrogen-bond acceptors (Lipinski definition) is 4. The molecule has 2 aliphatic heterocycles. The number of hydrogen-bond donors (Lipinski definition) is 1. The molecule has 2 aromatic rings. The van der Waals surface area contributed by atoms with Crippen LogP contribution in [0, 0.1) is 19.7 Å². The first-order valence-corrected chi connectivity index (χ1v) is 10.2. The lowest BCUT2D eigenvalue weighted by Crippen LogP contribution is -2.26. The lowest BCUT2D eigenvalue weighted by atomic mass is 10.1. The lowest BCUT2D eigenvalue weighted by molar-refractivity contribution is 0.118. The van der Waals surface area contributed by atoms with E-state index in [1.807, 2.05) is 0 Å². The van der Waals surface area contributed by atoms with Crippen molar-refractivity contribution < 1.29 is 9.13 Å². The lowest BCUT2D eigenvalue weighted by Gasteiger charge is -2.16. The molecule has 142 valence electrons. The molecule has 1 aromatic carbocycles. The summed E-state index contributed by atoms with van der Waals surface area (Å²) in [5.74, 6) is 0.541. The van der Waals surface area contributed by atoms with Gasteiger partial charge in [0.05, 0.1) is 18.4 Å². The maximum atomic E-state index is 13.2. The molecule has 1 N–H and O–H groups in total. The molecule has 1 fully saturated rings. The van der Waals surface area contributed by atoms with Crippen molar-refractivity contribution >= 4 is 22.6 Å². The Labute approximate surface area is 162 Å². The van der Waals surface area contributed by atoms with Gasteiger partial charge in [0, 0.05) is 35.0 Å². The number of ether oxygens (including phenoxy) is 1. The molecule has 0 bridgehead atoms. The van der Waals surface area contributed by atoms with Crippen LogP contribution in [0.1, 0.15) is 29.8 Å². The fraction of sp³-hybridized carbons (Fsp3) is 0.400. The Kier molecular flexibility index (Phi) is 5.31. The van der Waals surface area contributed by atoms with Crippen LogP contribution in [0.25, 0.3) is 5.69 Å². The monoisotopic (exact) mass is 386 g/mol. The van der Waals surface area contributed by atoms with Gasteiger partial charge in [0.15, 0.2) is 5.17 Å². The van der Waals surface area contributed by atoms with E-state index in [1.165, 1.54) is 12.1 Å². The predicted molar refractivity (Wildman–Crippen MR) is 109 cm³/mol. The average molecular weight is 386 g/mol. The summed E-state index contributed by atoms with van der Waals surface area (Å²) < 4.78 is 21.0. The molecule has 3 heterocycles. The van der Waals surface area contributed by atoms with Crippen molar-refractivity contribution in [2.75, 3.05) is 18.9 Å². The van der Waals surface area contributed by atoms with E-state index in [1.54, 1.807) is 23.9 Å². The van der Waals surface area contributed by atoms with Gasteiger partial charge >= 0.3 is 0 Å². The summed E-state index contributed by atoms with van der Waals surface area (Å²) >= 11 is 1.66. The van der Waals surface area contributed by atoms with Crippen LogP contribution in [0.2, 0.25) is 0 Å². The van der Waals surface area contributed by atoms with Crippen LogP contribution >= 0.6 is 11.8 Å². The van der Waals surface area contributed by atoms with E-state index < -0.39 is 0 Å². The number of thioether (sulfide) groups is 1. The van der Waals surface area contributed by atoms with Gasteiger partial charge in [-0.1, -0.05) is 11.8 Å². The van der Waals surface area contributed by atoms with Gasteiger partial charge in [-0.05, 0) is 57.0 Å². The first-order chi connectivity index (χ1) is 13.1. The first kappa shape index (κ1) is 18.3. The van der Waals surface area contributed by atoms with E-state index in [4.69, 9.17) is 4.74 Å². The van der Waals surface area contributed by atoms with E-state index in [-0.39, 0.29) is 11.9 Å². The Morgan fingerprint density at radius 2 is 2.15 bits per heavy atom. The van der Waals surface area contributed by atoms with Crippen molar-refractivity contribution in [1.29, 1.82) is 0 Å². The van der Waals surface area contributed by atoms with Crippen molar-refractivity contribution in [1.82, 2.24) is 9.99 Å².